The van der Waals surface area contributed by atoms with Gasteiger partial charge in [-0.05, 0) is 24.1 Å². The number of benzene rings is 1. The lowest BCUT2D eigenvalue weighted by molar-refractivity contribution is -0.120. The molecule has 104 valence electrons. The Balaban J connectivity index is 1.63. The zero-order valence-electron chi connectivity index (χ0n) is 11.4. The van der Waals surface area contributed by atoms with Crippen molar-refractivity contribution in [3.05, 3.63) is 51.7 Å². The molecule has 1 spiro atoms. The summed E-state index contributed by atoms with van der Waals surface area (Å²) in [5.74, 6) is 0.544. The maximum absolute atomic E-state index is 12.6. The molecule has 2 aromatic rings. The van der Waals surface area contributed by atoms with Crippen molar-refractivity contribution in [1.29, 1.82) is 5.26 Å². The highest BCUT2D eigenvalue weighted by molar-refractivity contribution is 7.10. The minimum Gasteiger partial charge on any atom is -0.372 e. The van der Waals surface area contributed by atoms with Gasteiger partial charge in [-0.2, -0.15) is 5.26 Å². The minimum atomic E-state index is -0.425. The van der Waals surface area contributed by atoms with E-state index in [1.807, 2.05) is 29.6 Å². The summed E-state index contributed by atoms with van der Waals surface area (Å²) in [5.41, 5.74) is 2.60. The highest BCUT2D eigenvalue weighted by atomic mass is 32.1. The monoisotopic (exact) mass is 294 g/mol. The van der Waals surface area contributed by atoms with Crippen molar-refractivity contribution >= 4 is 22.8 Å². The number of thiophene rings is 1. The highest BCUT2D eigenvalue weighted by Crippen LogP contribution is 2.47. The third-order valence-electron chi connectivity index (χ3n) is 4.60. The number of Topliss-reactive ketones (excluding diaryl/α,β-unsaturated/α-hetero) is 1. The fraction of sp³-hybridized carbons (Fsp3) is 0.294. The molecule has 1 aliphatic carbocycles. The molecule has 1 saturated carbocycles. The van der Waals surface area contributed by atoms with E-state index >= 15 is 0 Å². The molecule has 1 fully saturated rings. The third kappa shape index (κ3) is 1.89. The predicted octanol–water partition coefficient (Wildman–Crippen LogP) is 3.47. The summed E-state index contributed by atoms with van der Waals surface area (Å²) >= 11 is 1.60. The van der Waals surface area contributed by atoms with Crippen LogP contribution in [0.4, 0.5) is 5.69 Å². The first-order valence-electron chi connectivity index (χ1n) is 7.08. The van der Waals surface area contributed by atoms with E-state index in [2.05, 4.69) is 17.5 Å². The first kappa shape index (κ1) is 12.6. The summed E-state index contributed by atoms with van der Waals surface area (Å²) in [4.78, 5) is 13.8. The molecule has 0 radical (unpaired) electrons. The molecule has 4 rings (SSSR count). The van der Waals surface area contributed by atoms with E-state index < -0.39 is 5.54 Å². The topological polar surface area (TPSA) is 52.9 Å². The number of rotatable bonds is 1. The van der Waals surface area contributed by atoms with Gasteiger partial charge in [0, 0.05) is 34.7 Å². The standard InChI is InChI=1S/C17H14N2OS/c18-9-11-5-15(21-10-11)13-6-16(20)17(8-13)7-12-3-1-2-4-14(12)19-17/h1-5,10,13,19H,6-8H2. The van der Waals surface area contributed by atoms with Gasteiger partial charge in [0.25, 0.3) is 0 Å². The van der Waals surface area contributed by atoms with Gasteiger partial charge in [-0.1, -0.05) is 18.2 Å². The van der Waals surface area contributed by atoms with Gasteiger partial charge in [0.05, 0.1) is 5.56 Å². The second kappa shape index (κ2) is 4.44. The van der Waals surface area contributed by atoms with Gasteiger partial charge in [-0.25, -0.2) is 0 Å². The van der Waals surface area contributed by atoms with Crippen molar-refractivity contribution in [3.63, 3.8) is 0 Å². The Morgan fingerprint density at radius 1 is 1.38 bits per heavy atom. The Kier molecular flexibility index (Phi) is 2.66. The summed E-state index contributed by atoms with van der Waals surface area (Å²) in [6, 6.07) is 12.3. The summed E-state index contributed by atoms with van der Waals surface area (Å²) in [6.07, 6.45) is 2.19. The fourth-order valence-electron chi connectivity index (χ4n) is 3.57. The minimum absolute atomic E-state index is 0.242. The van der Waals surface area contributed by atoms with E-state index in [1.54, 1.807) is 11.3 Å². The number of nitrogens with zero attached hydrogens (tertiary/aromatic N) is 1. The normalized spacial score (nSPS) is 26.6. The number of para-hydroxylation sites is 1. The van der Waals surface area contributed by atoms with Gasteiger partial charge >= 0.3 is 0 Å². The number of hydrogen-bond acceptors (Lipinski definition) is 4. The SMILES string of the molecule is N#Cc1csc(C2CC(=O)C3(Cc4ccccc4N3)C2)c1. The number of nitriles is 1. The van der Waals surface area contributed by atoms with Crippen LogP contribution >= 0.6 is 11.3 Å². The third-order valence-corrected chi connectivity index (χ3v) is 5.69. The van der Waals surface area contributed by atoms with Crippen molar-refractivity contribution in [2.45, 2.75) is 30.7 Å². The van der Waals surface area contributed by atoms with Gasteiger partial charge in [-0.15, -0.1) is 11.3 Å². The Morgan fingerprint density at radius 3 is 3.00 bits per heavy atom. The van der Waals surface area contributed by atoms with Crippen LogP contribution in [0.15, 0.2) is 35.7 Å². The van der Waals surface area contributed by atoms with Crippen molar-refractivity contribution in [2.24, 2.45) is 0 Å². The van der Waals surface area contributed by atoms with Crippen LogP contribution in [0.25, 0.3) is 0 Å². The van der Waals surface area contributed by atoms with Gasteiger partial charge in [0.1, 0.15) is 11.6 Å². The molecule has 1 N–H and O–H groups in total. The molecule has 21 heavy (non-hydrogen) atoms. The Morgan fingerprint density at radius 2 is 2.24 bits per heavy atom. The van der Waals surface area contributed by atoms with Crippen LogP contribution in [0.3, 0.4) is 0 Å². The highest BCUT2D eigenvalue weighted by Gasteiger charge is 2.50. The summed E-state index contributed by atoms with van der Waals surface area (Å²) in [5, 5.41) is 14.3. The van der Waals surface area contributed by atoms with Crippen molar-refractivity contribution in [1.82, 2.24) is 0 Å². The molecule has 1 aliphatic heterocycles. The molecule has 2 heterocycles. The van der Waals surface area contributed by atoms with Crippen LogP contribution in [0.5, 0.6) is 0 Å². The van der Waals surface area contributed by atoms with E-state index in [1.165, 1.54) is 5.56 Å². The number of carbonyl (C=O) groups excluding carboxylic acids is 1. The number of ketones is 1. The fourth-order valence-corrected chi connectivity index (χ4v) is 4.51. The molecule has 4 heteroatoms. The van der Waals surface area contributed by atoms with Crippen molar-refractivity contribution in [3.8, 4) is 6.07 Å². The zero-order valence-corrected chi connectivity index (χ0v) is 12.2. The average molecular weight is 294 g/mol. The summed E-state index contributed by atoms with van der Waals surface area (Å²) in [6.45, 7) is 0. The van der Waals surface area contributed by atoms with Gasteiger partial charge in [0.15, 0.2) is 5.78 Å². The maximum Gasteiger partial charge on any atom is 0.159 e. The molecule has 1 aromatic carbocycles. The van der Waals surface area contributed by atoms with E-state index in [4.69, 9.17) is 5.26 Å². The summed E-state index contributed by atoms with van der Waals surface area (Å²) in [7, 11) is 0. The van der Waals surface area contributed by atoms with E-state index in [-0.39, 0.29) is 5.92 Å². The lowest BCUT2D eigenvalue weighted by atomic mass is 9.91. The Hall–Kier alpha value is -2.12. The second-order valence-electron chi connectivity index (χ2n) is 5.92. The maximum atomic E-state index is 12.6. The van der Waals surface area contributed by atoms with Crippen LogP contribution in [-0.2, 0) is 11.2 Å². The molecule has 2 aliphatic rings. The number of nitrogens with one attached hydrogen (secondary N) is 1. The molecule has 3 nitrogen and oxygen atoms in total. The molecular weight excluding hydrogens is 280 g/mol. The second-order valence-corrected chi connectivity index (χ2v) is 6.86. The first-order chi connectivity index (χ1) is 10.2. The van der Waals surface area contributed by atoms with Gasteiger partial charge in [-0.3, -0.25) is 4.79 Å². The summed E-state index contributed by atoms with van der Waals surface area (Å²) < 4.78 is 0. The zero-order chi connectivity index (χ0) is 14.4. The number of carbonyl (C=O) groups is 1. The van der Waals surface area contributed by atoms with Crippen LogP contribution in [-0.4, -0.2) is 11.3 Å². The number of anilines is 1. The molecule has 2 atom stereocenters. The van der Waals surface area contributed by atoms with Crippen molar-refractivity contribution < 1.29 is 4.79 Å². The van der Waals surface area contributed by atoms with Crippen LogP contribution in [0, 0.1) is 11.3 Å². The lowest BCUT2D eigenvalue weighted by Gasteiger charge is -2.22. The largest absolute Gasteiger partial charge is 0.372 e. The van der Waals surface area contributed by atoms with E-state index in [9.17, 15) is 4.79 Å². The number of hydrogen-bond donors (Lipinski definition) is 1. The van der Waals surface area contributed by atoms with Crippen LogP contribution in [0.1, 0.15) is 34.8 Å². The first-order valence-corrected chi connectivity index (χ1v) is 7.96. The Bertz CT molecular complexity index is 746. The van der Waals surface area contributed by atoms with E-state index in [0.29, 0.717) is 17.8 Å². The lowest BCUT2D eigenvalue weighted by Crippen LogP contribution is -2.40. The molecule has 0 bridgehead atoms. The predicted molar refractivity (Wildman–Crippen MR) is 82.5 cm³/mol. The molecule has 2 unspecified atom stereocenters. The van der Waals surface area contributed by atoms with Crippen LogP contribution < -0.4 is 5.32 Å². The average Bonchev–Trinajstić information content (AvgIpc) is 3.17. The molecule has 1 aromatic heterocycles. The smallest absolute Gasteiger partial charge is 0.159 e. The van der Waals surface area contributed by atoms with E-state index in [0.717, 1.165) is 23.4 Å². The number of fused-ring (bicyclic) bond motifs is 1. The van der Waals surface area contributed by atoms with Crippen LogP contribution in [0.2, 0.25) is 0 Å². The molecular formula is C17H14N2OS. The van der Waals surface area contributed by atoms with Gasteiger partial charge in [0.2, 0.25) is 0 Å². The molecule has 0 saturated heterocycles. The van der Waals surface area contributed by atoms with Gasteiger partial charge < -0.3 is 5.32 Å². The van der Waals surface area contributed by atoms with Crippen molar-refractivity contribution in [2.75, 3.05) is 5.32 Å². The quantitative estimate of drug-likeness (QED) is 0.876. The Labute approximate surface area is 127 Å². The molecule has 0 amide bonds.